The first-order chi connectivity index (χ1) is 9.60. The maximum absolute atomic E-state index is 11.6. The molecule has 0 aliphatic heterocycles. The summed E-state index contributed by atoms with van der Waals surface area (Å²) in [4.78, 5) is 15.8. The quantitative estimate of drug-likeness (QED) is 0.927. The van der Waals surface area contributed by atoms with Crippen molar-refractivity contribution < 1.29 is 9.53 Å². The SMILES string of the molecule is COc1cccc(-c2ccc(NC(=O)C(C)C)nc2)c1. The van der Waals surface area contributed by atoms with Crippen molar-refractivity contribution in [2.75, 3.05) is 12.4 Å². The van der Waals surface area contributed by atoms with Gasteiger partial charge >= 0.3 is 0 Å². The number of carbonyl (C=O) groups excluding carboxylic acids is 1. The Kier molecular flexibility index (Phi) is 4.35. The van der Waals surface area contributed by atoms with E-state index in [0.29, 0.717) is 5.82 Å². The number of methoxy groups -OCH3 is 1. The standard InChI is InChI=1S/C16H18N2O2/c1-11(2)16(19)18-15-8-7-13(10-17-15)12-5-4-6-14(9-12)20-3/h4-11H,1-3H3,(H,17,18,19). The maximum Gasteiger partial charge on any atom is 0.228 e. The largest absolute Gasteiger partial charge is 0.497 e. The molecule has 0 unspecified atom stereocenters. The number of hydrogen-bond donors (Lipinski definition) is 1. The number of benzene rings is 1. The van der Waals surface area contributed by atoms with Crippen LogP contribution >= 0.6 is 0 Å². The molecule has 2 aromatic rings. The predicted molar refractivity (Wildman–Crippen MR) is 79.7 cm³/mol. The van der Waals surface area contributed by atoms with Crippen LogP contribution in [0.5, 0.6) is 5.75 Å². The van der Waals surface area contributed by atoms with Crippen LogP contribution in [0.3, 0.4) is 0 Å². The lowest BCUT2D eigenvalue weighted by Crippen LogP contribution is -2.18. The molecule has 1 aromatic carbocycles. The zero-order valence-corrected chi connectivity index (χ0v) is 11.9. The molecule has 1 amide bonds. The van der Waals surface area contributed by atoms with Gasteiger partial charge in [-0.05, 0) is 29.8 Å². The number of ether oxygens (including phenoxy) is 1. The van der Waals surface area contributed by atoms with Crippen LogP contribution in [0.15, 0.2) is 42.6 Å². The Morgan fingerprint density at radius 1 is 1.20 bits per heavy atom. The van der Waals surface area contributed by atoms with E-state index >= 15 is 0 Å². The zero-order valence-electron chi connectivity index (χ0n) is 11.9. The zero-order chi connectivity index (χ0) is 14.5. The van der Waals surface area contributed by atoms with Gasteiger partial charge in [0.1, 0.15) is 11.6 Å². The summed E-state index contributed by atoms with van der Waals surface area (Å²) in [5.41, 5.74) is 2.00. The summed E-state index contributed by atoms with van der Waals surface area (Å²) in [5.74, 6) is 1.27. The van der Waals surface area contributed by atoms with Crippen LogP contribution in [0, 0.1) is 5.92 Å². The number of aromatic nitrogens is 1. The number of anilines is 1. The molecule has 0 aliphatic rings. The molecular weight excluding hydrogens is 252 g/mol. The van der Waals surface area contributed by atoms with Crippen molar-refractivity contribution >= 4 is 11.7 Å². The highest BCUT2D eigenvalue weighted by Crippen LogP contribution is 2.23. The Morgan fingerprint density at radius 3 is 2.60 bits per heavy atom. The Morgan fingerprint density at radius 2 is 2.00 bits per heavy atom. The molecule has 20 heavy (non-hydrogen) atoms. The summed E-state index contributed by atoms with van der Waals surface area (Å²) in [6, 6.07) is 11.5. The van der Waals surface area contributed by atoms with Crippen LogP contribution in [0.4, 0.5) is 5.82 Å². The minimum absolute atomic E-state index is 0.0355. The van der Waals surface area contributed by atoms with Gasteiger partial charge in [0.15, 0.2) is 0 Å². The number of carbonyl (C=O) groups is 1. The molecule has 0 fully saturated rings. The van der Waals surface area contributed by atoms with Gasteiger partial charge in [-0.15, -0.1) is 0 Å². The van der Waals surface area contributed by atoms with Crippen molar-refractivity contribution in [3.63, 3.8) is 0 Å². The summed E-state index contributed by atoms with van der Waals surface area (Å²) < 4.78 is 5.20. The monoisotopic (exact) mass is 270 g/mol. The van der Waals surface area contributed by atoms with Gasteiger partial charge in [-0.1, -0.05) is 26.0 Å². The van der Waals surface area contributed by atoms with Crippen molar-refractivity contribution in [2.24, 2.45) is 5.92 Å². The van der Waals surface area contributed by atoms with Gasteiger partial charge < -0.3 is 10.1 Å². The molecule has 0 saturated heterocycles. The van der Waals surface area contributed by atoms with Crippen LogP contribution < -0.4 is 10.1 Å². The number of pyridine rings is 1. The van der Waals surface area contributed by atoms with Gasteiger partial charge in [0, 0.05) is 17.7 Å². The molecule has 0 spiro atoms. The van der Waals surface area contributed by atoms with Crippen LogP contribution in [0.2, 0.25) is 0 Å². The molecule has 2 rings (SSSR count). The molecule has 4 heteroatoms. The molecule has 104 valence electrons. The molecule has 4 nitrogen and oxygen atoms in total. The third-order valence-electron chi connectivity index (χ3n) is 2.94. The number of rotatable bonds is 4. The maximum atomic E-state index is 11.6. The molecule has 0 radical (unpaired) electrons. The number of hydrogen-bond acceptors (Lipinski definition) is 3. The summed E-state index contributed by atoms with van der Waals surface area (Å²) in [5, 5.41) is 2.77. The third-order valence-corrected chi connectivity index (χ3v) is 2.94. The Balaban J connectivity index is 2.17. The lowest BCUT2D eigenvalue weighted by atomic mass is 10.1. The van der Waals surface area contributed by atoms with Crippen LogP contribution in [0.25, 0.3) is 11.1 Å². The molecule has 0 atom stereocenters. The van der Waals surface area contributed by atoms with Crippen molar-refractivity contribution in [2.45, 2.75) is 13.8 Å². The van der Waals surface area contributed by atoms with Crippen molar-refractivity contribution in [3.8, 4) is 16.9 Å². The average molecular weight is 270 g/mol. The lowest BCUT2D eigenvalue weighted by molar-refractivity contribution is -0.118. The first kappa shape index (κ1) is 14.1. The van der Waals surface area contributed by atoms with Gasteiger partial charge in [-0.3, -0.25) is 4.79 Å². The van der Waals surface area contributed by atoms with E-state index in [1.54, 1.807) is 19.4 Å². The molecule has 1 aromatic heterocycles. The van der Waals surface area contributed by atoms with Crippen LogP contribution in [-0.4, -0.2) is 18.0 Å². The Bertz CT molecular complexity index is 592. The number of nitrogens with one attached hydrogen (secondary N) is 1. The van der Waals surface area contributed by atoms with Gasteiger partial charge in [0.2, 0.25) is 5.91 Å². The van der Waals surface area contributed by atoms with E-state index in [9.17, 15) is 4.79 Å². The Labute approximate surface area is 118 Å². The Hall–Kier alpha value is -2.36. The van der Waals surface area contributed by atoms with Gasteiger partial charge in [-0.25, -0.2) is 4.98 Å². The normalized spacial score (nSPS) is 10.4. The van der Waals surface area contributed by atoms with Crippen molar-refractivity contribution in [1.82, 2.24) is 4.98 Å². The smallest absolute Gasteiger partial charge is 0.228 e. The molecule has 1 N–H and O–H groups in total. The second-order valence-electron chi connectivity index (χ2n) is 4.81. The average Bonchev–Trinajstić information content (AvgIpc) is 2.48. The fourth-order valence-corrected chi connectivity index (χ4v) is 1.71. The fourth-order valence-electron chi connectivity index (χ4n) is 1.71. The first-order valence-corrected chi connectivity index (χ1v) is 6.51. The third kappa shape index (κ3) is 3.35. The number of nitrogens with zero attached hydrogens (tertiary/aromatic N) is 1. The van der Waals surface area contributed by atoms with E-state index < -0.39 is 0 Å². The first-order valence-electron chi connectivity index (χ1n) is 6.51. The van der Waals surface area contributed by atoms with Crippen LogP contribution in [-0.2, 0) is 4.79 Å². The molecule has 1 heterocycles. The summed E-state index contributed by atoms with van der Waals surface area (Å²) in [7, 11) is 1.64. The molecule has 0 saturated carbocycles. The van der Waals surface area contributed by atoms with E-state index in [0.717, 1.165) is 16.9 Å². The molecule has 0 bridgehead atoms. The minimum Gasteiger partial charge on any atom is -0.497 e. The summed E-state index contributed by atoms with van der Waals surface area (Å²) in [6.45, 7) is 3.69. The fraction of sp³-hybridized carbons (Fsp3) is 0.250. The van der Waals surface area contributed by atoms with Crippen LogP contribution in [0.1, 0.15) is 13.8 Å². The van der Waals surface area contributed by atoms with Crippen molar-refractivity contribution in [1.29, 1.82) is 0 Å². The molecule has 0 aliphatic carbocycles. The number of amides is 1. The van der Waals surface area contributed by atoms with Gasteiger partial charge in [-0.2, -0.15) is 0 Å². The highest BCUT2D eigenvalue weighted by Gasteiger charge is 2.08. The van der Waals surface area contributed by atoms with Gasteiger partial charge in [0.05, 0.1) is 7.11 Å². The highest BCUT2D eigenvalue weighted by molar-refractivity contribution is 5.91. The topological polar surface area (TPSA) is 51.2 Å². The van der Waals surface area contributed by atoms with E-state index in [1.807, 2.05) is 44.2 Å². The lowest BCUT2D eigenvalue weighted by Gasteiger charge is -2.08. The summed E-state index contributed by atoms with van der Waals surface area (Å²) >= 11 is 0. The van der Waals surface area contributed by atoms with E-state index in [4.69, 9.17) is 4.74 Å². The highest BCUT2D eigenvalue weighted by atomic mass is 16.5. The van der Waals surface area contributed by atoms with E-state index in [2.05, 4.69) is 10.3 Å². The van der Waals surface area contributed by atoms with Gasteiger partial charge in [0.25, 0.3) is 0 Å². The predicted octanol–water partition coefficient (Wildman–Crippen LogP) is 3.35. The van der Waals surface area contributed by atoms with Crippen molar-refractivity contribution in [3.05, 3.63) is 42.6 Å². The molecular formula is C16H18N2O2. The minimum atomic E-state index is -0.0603. The summed E-state index contributed by atoms with van der Waals surface area (Å²) in [6.07, 6.45) is 1.74. The second-order valence-corrected chi connectivity index (χ2v) is 4.81. The second kappa shape index (κ2) is 6.19. The van der Waals surface area contributed by atoms with E-state index in [1.165, 1.54) is 0 Å². The van der Waals surface area contributed by atoms with E-state index in [-0.39, 0.29) is 11.8 Å².